The first-order valence-corrected chi connectivity index (χ1v) is 5.06. The number of hydrogen-bond acceptors (Lipinski definition) is 3. The van der Waals surface area contributed by atoms with Crippen LogP contribution in [-0.4, -0.2) is 20.5 Å². The Labute approximate surface area is 92.3 Å². The molecule has 0 aromatic heterocycles. The summed E-state index contributed by atoms with van der Waals surface area (Å²) in [5, 5.41) is 0. The quantitative estimate of drug-likeness (QED) is 0.666. The molecule has 78 valence electrons. The van der Waals surface area contributed by atoms with Crippen molar-refractivity contribution in [2.45, 2.75) is 12.7 Å². The van der Waals surface area contributed by atoms with Crippen LogP contribution in [0, 0.1) is 0 Å². The number of benzene rings is 1. The van der Waals surface area contributed by atoms with Crippen molar-refractivity contribution in [3.63, 3.8) is 0 Å². The summed E-state index contributed by atoms with van der Waals surface area (Å²) in [5.74, 6) is 0. The number of nitrogens with two attached hydrogens (primary N) is 1. The molecule has 0 aliphatic carbocycles. The van der Waals surface area contributed by atoms with Crippen LogP contribution >= 0.6 is 15.9 Å². The molecule has 0 spiro atoms. The van der Waals surface area contributed by atoms with Gasteiger partial charge in [-0.15, -0.1) is 0 Å². The van der Waals surface area contributed by atoms with Crippen LogP contribution in [0.25, 0.3) is 0 Å². The second kappa shape index (κ2) is 5.34. The average molecular weight is 260 g/mol. The van der Waals surface area contributed by atoms with E-state index in [9.17, 15) is 0 Å². The third kappa shape index (κ3) is 2.97. The molecule has 1 aromatic carbocycles. The fraction of sp³-hybridized carbons (Fsp3) is 0.400. The summed E-state index contributed by atoms with van der Waals surface area (Å²) < 4.78 is 11.2. The molecule has 0 unspecified atom stereocenters. The molecule has 0 aliphatic heterocycles. The smallest absolute Gasteiger partial charge is 0.160 e. The summed E-state index contributed by atoms with van der Waals surface area (Å²) in [4.78, 5) is 0. The lowest BCUT2D eigenvalue weighted by molar-refractivity contribution is -0.100. The maximum absolute atomic E-state index is 5.84. The van der Waals surface area contributed by atoms with Crippen LogP contribution in [-0.2, 0) is 15.9 Å². The highest BCUT2D eigenvalue weighted by molar-refractivity contribution is 9.10. The lowest BCUT2D eigenvalue weighted by Gasteiger charge is -2.14. The largest absolute Gasteiger partial charge is 0.398 e. The van der Waals surface area contributed by atoms with E-state index in [-0.39, 0.29) is 6.29 Å². The van der Waals surface area contributed by atoms with Crippen molar-refractivity contribution in [2.24, 2.45) is 0 Å². The summed E-state index contributed by atoms with van der Waals surface area (Å²) in [6.07, 6.45) is 0.421. The molecule has 1 rings (SSSR count). The summed E-state index contributed by atoms with van der Waals surface area (Å²) in [6, 6.07) is 5.79. The number of anilines is 1. The molecule has 2 N–H and O–H groups in total. The predicted molar refractivity (Wildman–Crippen MR) is 60.1 cm³/mol. The van der Waals surface area contributed by atoms with Crippen molar-refractivity contribution in [3.05, 3.63) is 28.2 Å². The van der Waals surface area contributed by atoms with Crippen LogP contribution in [0.2, 0.25) is 0 Å². The first kappa shape index (κ1) is 11.5. The third-order valence-corrected chi connectivity index (χ3v) is 2.51. The number of hydrogen-bond donors (Lipinski definition) is 1. The van der Waals surface area contributed by atoms with E-state index < -0.39 is 0 Å². The van der Waals surface area contributed by atoms with E-state index in [4.69, 9.17) is 15.2 Å². The van der Waals surface area contributed by atoms with Gasteiger partial charge >= 0.3 is 0 Å². The van der Waals surface area contributed by atoms with E-state index in [2.05, 4.69) is 15.9 Å². The Morgan fingerprint density at radius 3 is 2.50 bits per heavy atom. The topological polar surface area (TPSA) is 44.5 Å². The molecule has 0 radical (unpaired) electrons. The highest BCUT2D eigenvalue weighted by Crippen LogP contribution is 2.20. The van der Waals surface area contributed by atoms with Gasteiger partial charge in [0.25, 0.3) is 0 Å². The molecule has 0 saturated carbocycles. The van der Waals surface area contributed by atoms with Crippen LogP contribution < -0.4 is 5.73 Å². The number of nitrogen functional groups attached to an aromatic ring is 1. The molecule has 0 bridgehead atoms. The molecule has 1 aromatic rings. The first-order chi connectivity index (χ1) is 6.67. The fourth-order valence-electron chi connectivity index (χ4n) is 1.19. The number of rotatable bonds is 4. The summed E-state index contributed by atoms with van der Waals surface area (Å²) in [7, 11) is 3.23. The Morgan fingerprint density at radius 2 is 2.00 bits per heavy atom. The summed E-state index contributed by atoms with van der Waals surface area (Å²) in [6.45, 7) is 0. The first-order valence-electron chi connectivity index (χ1n) is 4.27. The van der Waals surface area contributed by atoms with Gasteiger partial charge in [-0.05, 0) is 17.7 Å². The lowest BCUT2D eigenvalue weighted by atomic mass is 10.1. The second-order valence-corrected chi connectivity index (χ2v) is 3.86. The fourth-order valence-corrected chi connectivity index (χ4v) is 1.57. The Hall–Kier alpha value is -0.580. The standard InChI is InChI=1S/C10H14BrNO2/c1-13-10(14-2)5-7-3-4-8(11)6-9(7)12/h3-4,6,10H,5,12H2,1-2H3. The SMILES string of the molecule is COC(Cc1ccc(Br)cc1N)OC. The van der Waals surface area contributed by atoms with Crippen LogP contribution in [0.15, 0.2) is 22.7 Å². The van der Waals surface area contributed by atoms with Crippen molar-refractivity contribution in [3.8, 4) is 0 Å². The molecule has 0 saturated heterocycles. The molecule has 0 amide bonds. The van der Waals surface area contributed by atoms with E-state index in [1.807, 2.05) is 18.2 Å². The molecule has 0 aliphatic rings. The zero-order chi connectivity index (χ0) is 10.6. The van der Waals surface area contributed by atoms with Crippen molar-refractivity contribution in [1.29, 1.82) is 0 Å². The Balaban J connectivity index is 2.76. The summed E-state index contributed by atoms with van der Waals surface area (Å²) in [5.41, 5.74) is 7.62. The number of methoxy groups -OCH3 is 2. The Kier molecular flexibility index (Phi) is 4.38. The van der Waals surface area contributed by atoms with Crippen LogP contribution in [0.5, 0.6) is 0 Å². The molecule has 0 heterocycles. The molecular weight excluding hydrogens is 246 g/mol. The number of ether oxygens (including phenoxy) is 2. The van der Waals surface area contributed by atoms with E-state index in [0.29, 0.717) is 6.42 Å². The molecule has 0 atom stereocenters. The van der Waals surface area contributed by atoms with Crippen molar-refractivity contribution >= 4 is 21.6 Å². The molecular formula is C10H14BrNO2. The van der Waals surface area contributed by atoms with Crippen molar-refractivity contribution < 1.29 is 9.47 Å². The van der Waals surface area contributed by atoms with E-state index in [0.717, 1.165) is 15.7 Å². The lowest BCUT2D eigenvalue weighted by Crippen LogP contribution is -2.16. The molecule has 3 nitrogen and oxygen atoms in total. The van der Waals surface area contributed by atoms with Gasteiger partial charge in [-0.1, -0.05) is 22.0 Å². The van der Waals surface area contributed by atoms with Gasteiger partial charge in [0.15, 0.2) is 6.29 Å². The number of halogens is 1. The van der Waals surface area contributed by atoms with Gasteiger partial charge < -0.3 is 15.2 Å². The predicted octanol–water partition coefficient (Wildman–Crippen LogP) is 2.19. The van der Waals surface area contributed by atoms with Gasteiger partial charge in [-0.2, -0.15) is 0 Å². The maximum atomic E-state index is 5.84. The van der Waals surface area contributed by atoms with Gasteiger partial charge in [-0.25, -0.2) is 0 Å². The Bertz CT molecular complexity index is 300. The van der Waals surface area contributed by atoms with E-state index in [1.54, 1.807) is 14.2 Å². The highest BCUT2D eigenvalue weighted by Gasteiger charge is 2.08. The molecule has 4 heteroatoms. The van der Waals surface area contributed by atoms with Gasteiger partial charge in [0.1, 0.15) is 0 Å². The molecule has 0 fully saturated rings. The van der Waals surface area contributed by atoms with Gasteiger partial charge in [0, 0.05) is 30.8 Å². The van der Waals surface area contributed by atoms with Gasteiger partial charge in [0.2, 0.25) is 0 Å². The maximum Gasteiger partial charge on any atom is 0.160 e. The summed E-state index contributed by atoms with van der Waals surface area (Å²) >= 11 is 3.35. The monoisotopic (exact) mass is 259 g/mol. The minimum atomic E-state index is -0.238. The zero-order valence-corrected chi connectivity index (χ0v) is 9.87. The minimum Gasteiger partial charge on any atom is -0.398 e. The van der Waals surface area contributed by atoms with Gasteiger partial charge in [0.05, 0.1) is 0 Å². The average Bonchev–Trinajstić information content (AvgIpc) is 2.17. The third-order valence-electron chi connectivity index (χ3n) is 2.02. The second-order valence-electron chi connectivity index (χ2n) is 2.95. The van der Waals surface area contributed by atoms with Crippen LogP contribution in [0.3, 0.4) is 0 Å². The van der Waals surface area contributed by atoms with E-state index in [1.165, 1.54) is 0 Å². The minimum absolute atomic E-state index is 0.238. The Morgan fingerprint density at radius 1 is 1.36 bits per heavy atom. The molecule has 14 heavy (non-hydrogen) atoms. The van der Waals surface area contributed by atoms with E-state index >= 15 is 0 Å². The van der Waals surface area contributed by atoms with Gasteiger partial charge in [-0.3, -0.25) is 0 Å². The van der Waals surface area contributed by atoms with Crippen molar-refractivity contribution in [1.82, 2.24) is 0 Å². The highest BCUT2D eigenvalue weighted by atomic mass is 79.9. The normalized spacial score (nSPS) is 10.9. The van der Waals surface area contributed by atoms with Crippen LogP contribution in [0.1, 0.15) is 5.56 Å². The van der Waals surface area contributed by atoms with Crippen molar-refractivity contribution in [2.75, 3.05) is 20.0 Å². The van der Waals surface area contributed by atoms with Crippen LogP contribution in [0.4, 0.5) is 5.69 Å². The zero-order valence-electron chi connectivity index (χ0n) is 8.29.